The summed E-state index contributed by atoms with van der Waals surface area (Å²) in [6, 6.07) is 15.6. The van der Waals surface area contributed by atoms with Gasteiger partial charge in [0.1, 0.15) is 5.82 Å². The molecule has 0 aliphatic carbocycles. The lowest BCUT2D eigenvalue weighted by Crippen LogP contribution is -2.25. The Labute approximate surface area is 236 Å². The topological polar surface area (TPSA) is 134 Å². The smallest absolute Gasteiger partial charge is 0.431 e. The Bertz CT molecular complexity index is 1450. The number of carbonyl (C=O) groups excluding carboxylic acids is 2. The molecule has 0 bridgehead atoms. The summed E-state index contributed by atoms with van der Waals surface area (Å²) in [4.78, 5) is 29.7. The number of rotatable bonds is 11. The first-order valence-electron chi connectivity index (χ1n) is 13.0. The number of halogens is 1. The average Bonchev–Trinajstić information content (AvgIpc) is 3.55. The lowest BCUT2D eigenvalue weighted by molar-refractivity contribution is -0.0870. The van der Waals surface area contributed by atoms with E-state index in [1.807, 2.05) is 48.5 Å². The van der Waals surface area contributed by atoms with Crippen molar-refractivity contribution in [3.8, 4) is 22.5 Å². The molecule has 1 unspecified atom stereocenters. The van der Waals surface area contributed by atoms with Crippen LogP contribution in [0.1, 0.15) is 62.4 Å². The van der Waals surface area contributed by atoms with Gasteiger partial charge in [0.25, 0.3) is 0 Å². The van der Waals surface area contributed by atoms with Gasteiger partial charge in [0.2, 0.25) is 12.1 Å². The molecule has 1 N–H and O–H groups in total. The number of esters is 1. The molecule has 0 aliphatic heterocycles. The molecule has 1 atom stereocenters. The van der Waals surface area contributed by atoms with Crippen LogP contribution in [0.5, 0.6) is 0 Å². The summed E-state index contributed by atoms with van der Waals surface area (Å²) in [5.74, 6) is 0.344. The minimum atomic E-state index is -1.20. The van der Waals surface area contributed by atoms with Crippen LogP contribution >= 0.6 is 11.6 Å². The van der Waals surface area contributed by atoms with Gasteiger partial charge in [-0.1, -0.05) is 73.5 Å². The molecule has 4 rings (SSSR count). The van der Waals surface area contributed by atoms with Crippen molar-refractivity contribution in [2.24, 2.45) is 0 Å². The Morgan fingerprint density at radius 2 is 1.68 bits per heavy atom. The number of aromatic amines is 1. The molecule has 2 aromatic heterocycles. The first-order chi connectivity index (χ1) is 19.3. The van der Waals surface area contributed by atoms with E-state index in [0.717, 1.165) is 35.1 Å². The first-order valence-corrected chi connectivity index (χ1v) is 13.4. The molecule has 210 valence electrons. The number of unbranched alkanes of at least 4 members (excludes halogenated alkanes) is 1. The zero-order chi connectivity index (χ0) is 28.6. The molecule has 4 aromatic rings. The van der Waals surface area contributed by atoms with Gasteiger partial charge in [-0.25, -0.2) is 14.6 Å². The second-order valence-electron chi connectivity index (χ2n) is 9.30. The highest BCUT2D eigenvalue weighted by molar-refractivity contribution is 6.32. The van der Waals surface area contributed by atoms with E-state index in [2.05, 4.69) is 32.5 Å². The fourth-order valence-corrected chi connectivity index (χ4v) is 4.50. The van der Waals surface area contributed by atoms with E-state index >= 15 is 0 Å². The number of aryl methyl sites for hydroxylation is 1. The number of benzene rings is 2. The molecule has 2 heterocycles. The minimum Gasteiger partial charge on any atom is -0.431 e. The molecule has 2 aromatic carbocycles. The Kier molecular flexibility index (Phi) is 9.49. The van der Waals surface area contributed by atoms with Gasteiger partial charge in [0, 0.05) is 18.9 Å². The largest absolute Gasteiger partial charge is 0.511 e. The standard InChI is InChI=1S/C28H31ClN6O5/c1-5-6-15-23-30-25(29)24(27(36)39-18(4)40-28(37)38-17(2)3)35(23)16-19-11-7-8-12-20(19)21-13-9-10-14-22(21)26-31-33-34-32-26/h7-14,17-18H,5-6,15-16H2,1-4H3,(H,31,32,33,34). The zero-order valence-electron chi connectivity index (χ0n) is 22.8. The number of carbonyl (C=O) groups is 2. The Balaban J connectivity index is 1.69. The molecule has 12 heteroatoms. The van der Waals surface area contributed by atoms with Gasteiger partial charge in [-0.3, -0.25) is 0 Å². The Hall–Kier alpha value is -4.25. The summed E-state index contributed by atoms with van der Waals surface area (Å²) in [7, 11) is 0. The van der Waals surface area contributed by atoms with Gasteiger partial charge in [0.05, 0.1) is 12.6 Å². The van der Waals surface area contributed by atoms with Crippen molar-refractivity contribution in [1.82, 2.24) is 30.2 Å². The van der Waals surface area contributed by atoms with Crippen LogP contribution < -0.4 is 0 Å². The van der Waals surface area contributed by atoms with Gasteiger partial charge in [-0.05, 0) is 42.2 Å². The van der Waals surface area contributed by atoms with Crippen molar-refractivity contribution >= 4 is 23.7 Å². The molecule has 0 radical (unpaired) electrons. The van der Waals surface area contributed by atoms with E-state index in [1.165, 1.54) is 6.92 Å². The summed E-state index contributed by atoms with van der Waals surface area (Å²) in [6.07, 6.45) is -0.124. The maximum Gasteiger partial charge on any atom is 0.511 e. The third-order valence-corrected chi connectivity index (χ3v) is 6.23. The van der Waals surface area contributed by atoms with E-state index in [9.17, 15) is 9.59 Å². The predicted molar refractivity (Wildman–Crippen MR) is 148 cm³/mol. The molecule has 0 saturated carbocycles. The van der Waals surface area contributed by atoms with Crippen molar-refractivity contribution < 1.29 is 23.8 Å². The maximum atomic E-state index is 13.3. The lowest BCUT2D eigenvalue weighted by Gasteiger charge is -2.18. The van der Waals surface area contributed by atoms with E-state index in [-0.39, 0.29) is 23.5 Å². The van der Waals surface area contributed by atoms with Crippen LogP contribution in [0.2, 0.25) is 5.15 Å². The summed E-state index contributed by atoms with van der Waals surface area (Å²) < 4.78 is 17.2. The third kappa shape index (κ3) is 6.84. The molecule has 40 heavy (non-hydrogen) atoms. The van der Waals surface area contributed by atoms with Crippen LogP contribution in [0.3, 0.4) is 0 Å². The van der Waals surface area contributed by atoms with Crippen molar-refractivity contribution in [3.05, 3.63) is 70.8 Å². The maximum absolute atomic E-state index is 13.3. The number of H-pyrrole nitrogens is 1. The quantitative estimate of drug-likeness (QED) is 0.175. The van der Waals surface area contributed by atoms with Gasteiger partial charge in [0.15, 0.2) is 10.8 Å². The van der Waals surface area contributed by atoms with Crippen molar-refractivity contribution in [2.45, 2.75) is 65.9 Å². The zero-order valence-corrected chi connectivity index (χ0v) is 23.5. The molecule has 0 amide bonds. The predicted octanol–water partition coefficient (Wildman–Crippen LogP) is 5.84. The molecular formula is C28H31ClN6O5. The fraction of sp³-hybridized carbons (Fsp3) is 0.357. The van der Waals surface area contributed by atoms with E-state index in [0.29, 0.717) is 18.1 Å². The minimum absolute atomic E-state index is 0.0118. The average molecular weight is 567 g/mol. The van der Waals surface area contributed by atoms with Crippen molar-refractivity contribution in [1.29, 1.82) is 0 Å². The molecule has 0 aliphatic rings. The summed E-state index contributed by atoms with van der Waals surface area (Å²) >= 11 is 6.51. The summed E-state index contributed by atoms with van der Waals surface area (Å²) in [6.45, 7) is 7.16. The molecular weight excluding hydrogens is 536 g/mol. The second kappa shape index (κ2) is 13.2. The van der Waals surface area contributed by atoms with E-state index in [1.54, 1.807) is 18.4 Å². The van der Waals surface area contributed by atoms with Crippen molar-refractivity contribution in [3.63, 3.8) is 0 Å². The lowest BCUT2D eigenvalue weighted by atomic mass is 9.95. The summed E-state index contributed by atoms with van der Waals surface area (Å²) in [5, 5.41) is 14.5. The van der Waals surface area contributed by atoms with Gasteiger partial charge >= 0.3 is 12.1 Å². The number of tetrazole rings is 1. The highest BCUT2D eigenvalue weighted by Gasteiger charge is 2.27. The first kappa shape index (κ1) is 28.8. The van der Waals surface area contributed by atoms with Crippen LogP contribution in [-0.4, -0.2) is 54.7 Å². The molecule has 0 spiro atoms. The van der Waals surface area contributed by atoms with Crippen LogP contribution in [0.15, 0.2) is 48.5 Å². The SMILES string of the molecule is CCCCc1nc(Cl)c(C(=O)OC(C)OC(=O)OC(C)C)n1Cc1ccccc1-c1ccccc1-c1nn[nH]n1. The fourth-order valence-electron chi connectivity index (χ4n) is 4.22. The number of imidazole rings is 1. The summed E-state index contributed by atoms with van der Waals surface area (Å²) in [5.41, 5.74) is 3.60. The molecule has 0 fully saturated rings. The van der Waals surface area contributed by atoms with Gasteiger partial charge < -0.3 is 18.8 Å². The molecule has 11 nitrogen and oxygen atoms in total. The Morgan fingerprint density at radius 3 is 2.35 bits per heavy atom. The number of ether oxygens (including phenoxy) is 3. The number of nitrogens with one attached hydrogen (secondary N) is 1. The van der Waals surface area contributed by atoms with Crippen LogP contribution in [0, 0.1) is 0 Å². The van der Waals surface area contributed by atoms with Gasteiger partial charge in [-0.2, -0.15) is 5.21 Å². The molecule has 0 saturated heterocycles. The van der Waals surface area contributed by atoms with Crippen LogP contribution in [0.4, 0.5) is 4.79 Å². The van der Waals surface area contributed by atoms with Crippen molar-refractivity contribution in [2.75, 3.05) is 0 Å². The number of hydrogen-bond donors (Lipinski definition) is 1. The third-order valence-electron chi connectivity index (χ3n) is 5.97. The van der Waals surface area contributed by atoms with Crippen LogP contribution in [0.25, 0.3) is 22.5 Å². The normalized spacial score (nSPS) is 11.8. The second-order valence-corrected chi connectivity index (χ2v) is 9.66. The van der Waals surface area contributed by atoms with E-state index < -0.39 is 18.4 Å². The monoisotopic (exact) mass is 566 g/mol. The van der Waals surface area contributed by atoms with Crippen LogP contribution in [-0.2, 0) is 27.2 Å². The number of nitrogens with zero attached hydrogens (tertiary/aromatic N) is 5. The highest BCUT2D eigenvalue weighted by atomic mass is 35.5. The van der Waals surface area contributed by atoms with E-state index in [4.69, 9.17) is 25.8 Å². The number of hydrogen-bond acceptors (Lipinski definition) is 9. The number of aromatic nitrogens is 6. The Morgan fingerprint density at radius 1 is 0.975 bits per heavy atom. The highest BCUT2D eigenvalue weighted by Crippen LogP contribution is 2.33. The van der Waals surface area contributed by atoms with Gasteiger partial charge in [-0.15, -0.1) is 10.2 Å².